The van der Waals surface area contributed by atoms with Gasteiger partial charge in [0.2, 0.25) is 0 Å². The van der Waals surface area contributed by atoms with Gasteiger partial charge in [0, 0.05) is 50.1 Å². The summed E-state index contributed by atoms with van der Waals surface area (Å²) in [7, 11) is 1.59. The quantitative estimate of drug-likeness (QED) is 0.103. The Morgan fingerprint density at radius 1 is 1.02 bits per heavy atom. The minimum absolute atomic E-state index is 0.00475. The SMILES string of the molecule is COc1cc(CC(C)OC(=O)/C=C/C(=O)OC=O)ccc1OCCCCN1CCN(c2n[nH]c3ccccc23)CC1. The molecule has 1 atom stereocenters. The zero-order chi connectivity index (χ0) is 29.0. The first-order valence-electron chi connectivity index (χ1n) is 13.7. The maximum Gasteiger partial charge on any atom is 0.338 e. The number of rotatable bonds is 14. The van der Waals surface area contributed by atoms with Crippen LogP contribution in [-0.4, -0.2) is 86.1 Å². The monoisotopic (exact) mass is 564 g/mol. The van der Waals surface area contributed by atoms with E-state index in [4.69, 9.17) is 14.2 Å². The second kappa shape index (κ2) is 14.8. The van der Waals surface area contributed by atoms with Crippen LogP contribution >= 0.6 is 0 Å². The number of H-pyrrole nitrogens is 1. The minimum atomic E-state index is -0.942. The van der Waals surface area contributed by atoms with Gasteiger partial charge in [0.05, 0.1) is 19.2 Å². The molecule has 0 saturated carbocycles. The number of benzene rings is 2. The highest BCUT2D eigenvalue weighted by molar-refractivity contribution is 5.93. The maximum absolute atomic E-state index is 11.8. The highest BCUT2D eigenvalue weighted by atomic mass is 16.6. The van der Waals surface area contributed by atoms with Gasteiger partial charge in [-0.25, -0.2) is 9.59 Å². The fraction of sp³-hybridized carbons (Fsp3) is 0.400. The molecule has 2 aromatic carbocycles. The Balaban J connectivity index is 1.15. The highest BCUT2D eigenvalue weighted by Gasteiger charge is 2.20. The van der Waals surface area contributed by atoms with E-state index in [2.05, 4.69) is 36.9 Å². The van der Waals surface area contributed by atoms with Gasteiger partial charge in [0.25, 0.3) is 0 Å². The van der Waals surface area contributed by atoms with Gasteiger partial charge in [-0.15, -0.1) is 0 Å². The van der Waals surface area contributed by atoms with Gasteiger partial charge in [-0.1, -0.05) is 18.2 Å². The predicted octanol–water partition coefficient (Wildman–Crippen LogP) is 3.28. The molecule has 1 aliphatic heterocycles. The molecule has 3 aromatic rings. The zero-order valence-corrected chi connectivity index (χ0v) is 23.4. The molecule has 1 aromatic heterocycles. The molecule has 218 valence electrons. The standard InChI is InChI=1S/C30H36N4O7/c1-22(41-29(37)12-11-28(36)40-21-35)19-23-9-10-26(27(20-23)38-2)39-18-6-5-13-33-14-16-34(17-15-33)30-24-7-3-4-8-25(24)31-32-30/h3-4,7-12,20-22H,5-6,13-19H2,1-2H3,(H,31,32)/b12-11+. The van der Waals surface area contributed by atoms with Crippen molar-refractivity contribution in [1.82, 2.24) is 15.1 Å². The van der Waals surface area contributed by atoms with Crippen molar-refractivity contribution in [2.24, 2.45) is 0 Å². The molecule has 1 N–H and O–H groups in total. The molecule has 0 aliphatic carbocycles. The topological polar surface area (TPSA) is 123 Å². The number of ether oxygens (including phenoxy) is 4. The fourth-order valence-electron chi connectivity index (χ4n) is 4.79. The third-order valence-corrected chi connectivity index (χ3v) is 6.84. The van der Waals surface area contributed by atoms with Crippen LogP contribution in [0.15, 0.2) is 54.6 Å². The first kappa shape index (κ1) is 29.6. The lowest BCUT2D eigenvalue weighted by molar-refractivity contribution is -0.148. The number of methoxy groups -OCH3 is 1. The van der Waals surface area contributed by atoms with Crippen molar-refractivity contribution >= 4 is 35.1 Å². The Morgan fingerprint density at radius 2 is 1.80 bits per heavy atom. The summed E-state index contributed by atoms with van der Waals surface area (Å²) < 4.78 is 20.9. The number of carbonyl (C=O) groups is 3. The van der Waals surface area contributed by atoms with Crippen LogP contribution in [0.3, 0.4) is 0 Å². The number of aromatic nitrogens is 2. The molecule has 11 nitrogen and oxygen atoms in total. The number of hydrogen-bond acceptors (Lipinski definition) is 10. The summed E-state index contributed by atoms with van der Waals surface area (Å²) in [6.45, 7) is 7.28. The van der Waals surface area contributed by atoms with Crippen molar-refractivity contribution in [2.45, 2.75) is 32.3 Å². The average molecular weight is 565 g/mol. The minimum Gasteiger partial charge on any atom is -0.493 e. The second-order valence-electron chi connectivity index (χ2n) is 9.78. The van der Waals surface area contributed by atoms with Crippen LogP contribution in [0.5, 0.6) is 11.5 Å². The summed E-state index contributed by atoms with van der Waals surface area (Å²) in [5, 5.41) is 8.83. The smallest absolute Gasteiger partial charge is 0.338 e. The van der Waals surface area contributed by atoms with Crippen molar-refractivity contribution in [1.29, 1.82) is 0 Å². The Bertz CT molecular complexity index is 1350. The number of unbranched alkanes of at least 4 members (excludes halogenated alkanes) is 1. The molecule has 1 aliphatic rings. The van der Waals surface area contributed by atoms with E-state index < -0.39 is 18.0 Å². The van der Waals surface area contributed by atoms with Crippen molar-refractivity contribution in [2.75, 3.05) is 51.3 Å². The summed E-state index contributed by atoms with van der Waals surface area (Å²) in [4.78, 5) is 37.9. The van der Waals surface area contributed by atoms with Crippen LogP contribution < -0.4 is 14.4 Å². The second-order valence-corrected chi connectivity index (χ2v) is 9.78. The molecule has 0 amide bonds. The number of esters is 2. The number of fused-ring (bicyclic) bond motifs is 1. The molecule has 1 fully saturated rings. The van der Waals surface area contributed by atoms with Gasteiger partial charge in [-0.3, -0.25) is 14.8 Å². The number of anilines is 1. The Hall–Kier alpha value is -4.38. The van der Waals surface area contributed by atoms with Crippen molar-refractivity contribution in [3.63, 3.8) is 0 Å². The maximum atomic E-state index is 11.8. The average Bonchev–Trinajstić information content (AvgIpc) is 3.41. The molecule has 0 spiro atoms. The number of carbonyl (C=O) groups excluding carboxylic acids is 3. The molecule has 1 unspecified atom stereocenters. The lowest BCUT2D eigenvalue weighted by Gasteiger charge is -2.35. The Morgan fingerprint density at radius 3 is 2.59 bits per heavy atom. The van der Waals surface area contributed by atoms with Gasteiger partial charge < -0.3 is 23.8 Å². The van der Waals surface area contributed by atoms with Crippen molar-refractivity contribution in [3.05, 3.63) is 60.2 Å². The molecule has 0 radical (unpaired) electrons. The van der Waals surface area contributed by atoms with E-state index in [0.29, 0.717) is 24.5 Å². The summed E-state index contributed by atoms with van der Waals surface area (Å²) >= 11 is 0. The van der Waals surface area contributed by atoms with E-state index in [1.165, 1.54) is 5.39 Å². The van der Waals surface area contributed by atoms with E-state index >= 15 is 0 Å². The van der Waals surface area contributed by atoms with Crippen molar-refractivity contribution < 1.29 is 33.3 Å². The number of nitrogens with one attached hydrogen (secondary N) is 1. The van der Waals surface area contributed by atoms with Gasteiger partial charge in [-0.05, 0) is 56.1 Å². The lowest BCUT2D eigenvalue weighted by atomic mass is 10.1. The summed E-state index contributed by atoms with van der Waals surface area (Å²) in [5.74, 6) is 0.664. The van der Waals surface area contributed by atoms with E-state index in [1.807, 2.05) is 30.3 Å². The lowest BCUT2D eigenvalue weighted by Crippen LogP contribution is -2.46. The van der Waals surface area contributed by atoms with Crippen molar-refractivity contribution in [3.8, 4) is 11.5 Å². The Kier molecular flexibility index (Phi) is 10.7. The molecule has 4 rings (SSSR count). The van der Waals surface area contributed by atoms with E-state index in [-0.39, 0.29) is 6.47 Å². The molecule has 11 heteroatoms. The molecule has 0 bridgehead atoms. The molecular weight excluding hydrogens is 528 g/mol. The van der Waals surface area contributed by atoms with Crippen LogP contribution in [0, 0.1) is 0 Å². The van der Waals surface area contributed by atoms with Gasteiger partial charge >= 0.3 is 18.4 Å². The summed E-state index contributed by atoms with van der Waals surface area (Å²) in [5.41, 5.74) is 1.97. The number of piperazine rings is 1. The number of para-hydroxylation sites is 1. The van der Waals surface area contributed by atoms with Gasteiger partial charge in [0.15, 0.2) is 17.3 Å². The zero-order valence-electron chi connectivity index (χ0n) is 23.4. The third kappa shape index (κ3) is 8.55. The fourth-order valence-corrected chi connectivity index (χ4v) is 4.79. The number of hydrogen-bond donors (Lipinski definition) is 1. The largest absolute Gasteiger partial charge is 0.493 e. The number of nitrogens with zero attached hydrogens (tertiary/aromatic N) is 3. The normalized spacial score (nSPS) is 14.6. The molecular formula is C30H36N4O7. The van der Waals surface area contributed by atoms with Crippen LogP contribution in [-0.2, 0) is 30.3 Å². The first-order chi connectivity index (χ1) is 20.0. The predicted molar refractivity (Wildman–Crippen MR) is 153 cm³/mol. The van der Waals surface area contributed by atoms with Gasteiger partial charge in [0.1, 0.15) is 6.10 Å². The highest BCUT2D eigenvalue weighted by Crippen LogP contribution is 2.29. The molecule has 1 saturated heterocycles. The Labute approximate surface area is 239 Å². The number of aromatic amines is 1. The van der Waals surface area contributed by atoms with Crippen LogP contribution in [0.4, 0.5) is 5.82 Å². The van der Waals surface area contributed by atoms with Crippen LogP contribution in [0.25, 0.3) is 10.9 Å². The van der Waals surface area contributed by atoms with E-state index in [9.17, 15) is 14.4 Å². The summed E-state index contributed by atoms with van der Waals surface area (Å²) in [6, 6.07) is 13.9. The molecule has 2 heterocycles. The van der Waals surface area contributed by atoms with Crippen LogP contribution in [0.2, 0.25) is 0 Å². The molecule has 41 heavy (non-hydrogen) atoms. The van der Waals surface area contributed by atoms with E-state index in [1.54, 1.807) is 14.0 Å². The third-order valence-electron chi connectivity index (χ3n) is 6.84. The van der Waals surface area contributed by atoms with Crippen LogP contribution in [0.1, 0.15) is 25.3 Å². The first-order valence-corrected chi connectivity index (χ1v) is 13.7. The summed E-state index contributed by atoms with van der Waals surface area (Å²) in [6.07, 6.45) is 3.71. The van der Waals surface area contributed by atoms with Gasteiger partial charge in [-0.2, -0.15) is 5.10 Å². The van der Waals surface area contributed by atoms with E-state index in [0.717, 1.165) is 74.6 Å².